The molecule has 1 aromatic rings. The minimum absolute atomic E-state index is 0.823. The van der Waals surface area contributed by atoms with Gasteiger partial charge in [-0.15, -0.1) is 0 Å². The number of nitrogens with one attached hydrogen (secondary N) is 1. The van der Waals surface area contributed by atoms with Gasteiger partial charge in [0.05, 0.1) is 4.47 Å². The van der Waals surface area contributed by atoms with Crippen molar-refractivity contribution in [3.05, 3.63) is 22.3 Å². The van der Waals surface area contributed by atoms with Crippen LogP contribution >= 0.6 is 15.9 Å². The van der Waals surface area contributed by atoms with E-state index in [2.05, 4.69) is 40.1 Å². The standard InChI is InChI=1S/C13H19BrN2/c1-9-3-4-11(7-9)8-16-13-12(14)10(2)5-6-15-13/h5-6,9,11H,3-4,7-8H2,1-2H3,(H,15,16). The Morgan fingerprint density at radius 1 is 1.50 bits per heavy atom. The minimum Gasteiger partial charge on any atom is -0.369 e. The first-order valence-electron chi connectivity index (χ1n) is 6.01. The molecule has 1 saturated carbocycles. The van der Waals surface area contributed by atoms with Crippen LogP contribution in [0.1, 0.15) is 31.7 Å². The summed E-state index contributed by atoms with van der Waals surface area (Å²) in [5, 5.41) is 3.46. The average Bonchev–Trinajstić information content (AvgIpc) is 2.67. The highest BCUT2D eigenvalue weighted by Crippen LogP contribution is 2.31. The zero-order valence-corrected chi connectivity index (χ0v) is 11.5. The Morgan fingerprint density at radius 2 is 2.31 bits per heavy atom. The summed E-state index contributed by atoms with van der Waals surface area (Å²) < 4.78 is 1.10. The summed E-state index contributed by atoms with van der Waals surface area (Å²) in [7, 11) is 0. The van der Waals surface area contributed by atoms with Crippen molar-refractivity contribution in [2.45, 2.75) is 33.1 Å². The zero-order valence-electron chi connectivity index (χ0n) is 9.96. The number of aromatic nitrogens is 1. The molecule has 0 aliphatic heterocycles. The Bertz CT molecular complexity index is 365. The third-order valence-corrected chi connectivity index (χ3v) is 4.44. The number of nitrogens with zero attached hydrogens (tertiary/aromatic N) is 1. The smallest absolute Gasteiger partial charge is 0.140 e. The molecule has 1 heterocycles. The highest BCUT2D eigenvalue weighted by Gasteiger charge is 2.21. The quantitative estimate of drug-likeness (QED) is 0.907. The maximum atomic E-state index is 4.36. The van der Waals surface area contributed by atoms with Crippen molar-refractivity contribution in [3.8, 4) is 0 Å². The third kappa shape index (κ3) is 2.76. The van der Waals surface area contributed by atoms with Gasteiger partial charge in [0.25, 0.3) is 0 Å². The van der Waals surface area contributed by atoms with Gasteiger partial charge in [-0.2, -0.15) is 0 Å². The number of pyridine rings is 1. The van der Waals surface area contributed by atoms with Crippen molar-refractivity contribution < 1.29 is 0 Å². The second-order valence-electron chi connectivity index (χ2n) is 4.96. The molecule has 2 unspecified atom stereocenters. The number of halogens is 1. The Hall–Kier alpha value is -0.570. The van der Waals surface area contributed by atoms with Crippen LogP contribution in [-0.4, -0.2) is 11.5 Å². The van der Waals surface area contributed by atoms with Gasteiger partial charge in [0, 0.05) is 12.7 Å². The molecule has 1 N–H and O–H groups in total. The summed E-state index contributed by atoms with van der Waals surface area (Å²) in [5.41, 5.74) is 1.23. The lowest BCUT2D eigenvalue weighted by Gasteiger charge is -2.13. The lowest BCUT2D eigenvalue weighted by atomic mass is 10.1. The molecule has 88 valence electrons. The molecular formula is C13H19BrN2. The second kappa shape index (κ2) is 5.17. The van der Waals surface area contributed by atoms with Crippen molar-refractivity contribution in [1.82, 2.24) is 4.98 Å². The predicted molar refractivity (Wildman–Crippen MR) is 71.7 cm³/mol. The van der Waals surface area contributed by atoms with Crippen LogP contribution in [0.4, 0.5) is 5.82 Å². The summed E-state index contributed by atoms with van der Waals surface area (Å²) in [6.07, 6.45) is 5.96. The number of anilines is 1. The summed E-state index contributed by atoms with van der Waals surface area (Å²) in [6.45, 7) is 5.49. The van der Waals surface area contributed by atoms with Crippen LogP contribution in [0.25, 0.3) is 0 Å². The van der Waals surface area contributed by atoms with Gasteiger partial charge in [-0.25, -0.2) is 4.98 Å². The third-order valence-electron chi connectivity index (χ3n) is 3.44. The Morgan fingerprint density at radius 3 is 3.00 bits per heavy atom. The van der Waals surface area contributed by atoms with Gasteiger partial charge in [-0.1, -0.05) is 13.3 Å². The average molecular weight is 283 g/mol. The lowest BCUT2D eigenvalue weighted by molar-refractivity contribution is 0.536. The molecule has 2 rings (SSSR count). The molecule has 0 aromatic carbocycles. The highest BCUT2D eigenvalue weighted by molar-refractivity contribution is 9.10. The van der Waals surface area contributed by atoms with Crippen molar-refractivity contribution in [1.29, 1.82) is 0 Å². The summed E-state index contributed by atoms with van der Waals surface area (Å²) in [4.78, 5) is 4.36. The van der Waals surface area contributed by atoms with E-state index in [1.165, 1.54) is 24.8 Å². The molecule has 0 amide bonds. The predicted octanol–water partition coefficient (Wildman–Crippen LogP) is 4.00. The van der Waals surface area contributed by atoms with Crippen LogP contribution in [0.5, 0.6) is 0 Å². The van der Waals surface area contributed by atoms with E-state index < -0.39 is 0 Å². The number of hydrogen-bond donors (Lipinski definition) is 1. The SMILES string of the molecule is Cc1ccnc(NCC2CCC(C)C2)c1Br. The van der Waals surface area contributed by atoms with Gasteiger partial charge in [-0.05, 0) is 59.2 Å². The molecule has 1 aliphatic rings. The molecule has 0 bridgehead atoms. The van der Waals surface area contributed by atoms with Gasteiger partial charge in [0.1, 0.15) is 5.82 Å². The molecule has 0 radical (unpaired) electrons. The van der Waals surface area contributed by atoms with Crippen LogP contribution in [0, 0.1) is 18.8 Å². The van der Waals surface area contributed by atoms with Crippen molar-refractivity contribution in [2.75, 3.05) is 11.9 Å². The molecule has 1 aliphatic carbocycles. The highest BCUT2D eigenvalue weighted by atomic mass is 79.9. The Labute approximate surface area is 106 Å². The fourth-order valence-corrected chi connectivity index (χ4v) is 2.79. The molecule has 16 heavy (non-hydrogen) atoms. The molecule has 2 atom stereocenters. The van der Waals surface area contributed by atoms with E-state index in [1.54, 1.807) is 0 Å². The summed E-state index contributed by atoms with van der Waals surface area (Å²) in [6, 6.07) is 2.02. The monoisotopic (exact) mass is 282 g/mol. The fraction of sp³-hybridized carbons (Fsp3) is 0.615. The van der Waals surface area contributed by atoms with E-state index in [4.69, 9.17) is 0 Å². The number of aryl methyl sites for hydroxylation is 1. The first kappa shape index (κ1) is 11.9. The summed E-state index contributed by atoms with van der Waals surface area (Å²) >= 11 is 3.58. The topological polar surface area (TPSA) is 24.9 Å². The van der Waals surface area contributed by atoms with E-state index in [9.17, 15) is 0 Å². The van der Waals surface area contributed by atoms with Gasteiger partial charge in [0.15, 0.2) is 0 Å². The summed E-state index contributed by atoms with van der Waals surface area (Å²) in [5.74, 6) is 2.71. The molecular weight excluding hydrogens is 264 g/mol. The number of hydrogen-bond acceptors (Lipinski definition) is 2. The van der Waals surface area contributed by atoms with Gasteiger partial charge < -0.3 is 5.32 Å². The van der Waals surface area contributed by atoms with Crippen LogP contribution < -0.4 is 5.32 Å². The zero-order chi connectivity index (χ0) is 11.5. The maximum Gasteiger partial charge on any atom is 0.140 e. The van der Waals surface area contributed by atoms with E-state index in [-0.39, 0.29) is 0 Å². The first-order valence-corrected chi connectivity index (χ1v) is 6.81. The lowest BCUT2D eigenvalue weighted by Crippen LogP contribution is -2.12. The normalized spacial score (nSPS) is 24.7. The van der Waals surface area contributed by atoms with Crippen LogP contribution in [-0.2, 0) is 0 Å². The van der Waals surface area contributed by atoms with E-state index >= 15 is 0 Å². The molecule has 0 spiro atoms. The van der Waals surface area contributed by atoms with E-state index in [0.717, 1.165) is 28.7 Å². The molecule has 3 heteroatoms. The van der Waals surface area contributed by atoms with Crippen LogP contribution in [0.15, 0.2) is 16.7 Å². The second-order valence-corrected chi connectivity index (χ2v) is 5.75. The van der Waals surface area contributed by atoms with Crippen molar-refractivity contribution in [2.24, 2.45) is 11.8 Å². The van der Waals surface area contributed by atoms with E-state index in [0.29, 0.717) is 0 Å². The fourth-order valence-electron chi connectivity index (χ4n) is 2.41. The molecule has 1 aromatic heterocycles. The molecule has 1 fully saturated rings. The Balaban J connectivity index is 1.92. The van der Waals surface area contributed by atoms with Crippen LogP contribution in [0.3, 0.4) is 0 Å². The van der Waals surface area contributed by atoms with Crippen LogP contribution in [0.2, 0.25) is 0 Å². The molecule has 2 nitrogen and oxygen atoms in total. The van der Waals surface area contributed by atoms with Gasteiger partial charge in [0.2, 0.25) is 0 Å². The van der Waals surface area contributed by atoms with Gasteiger partial charge in [-0.3, -0.25) is 0 Å². The Kier molecular flexibility index (Phi) is 3.85. The maximum absolute atomic E-state index is 4.36. The number of rotatable bonds is 3. The van der Waals surface area contributed by atoms with Crippen molar-refractivity contribution >= 4 is 21.7 Å². The van der Waals surface area contributed by atoms with Crippen molar-refractivity contribution in [3.63, 3.8) is 0 Å². The largest absolute Gasteiger partial charge is 0.369 e. The first-order chi connectivity index (χ1) is 7.66. The van der Waals surface area contributed by atoms with E-state index in [1.807, 2.05) is 12.3 Å². The van der Waals surface area contributed by atoms with Gasteiger partial charge >= 0.3 is 0 Å². The molecule has 0 saturated heterocycles. The minimum atomic E-state index is 0.823.